The van der Waals surface area contributed by atoms with E-state index in [1.165, 1.54) is 31.9 Å². The third-order valence-electron chi connectivity index (χ3n) is 3.11. The number of carbonyl (C=O) groups is 2. The summed E-state index contributed by atoms with van der Waals surface area (Å²) < 4.78 is 3.21. The van der Waals surface area contributed by atoms with E-state index in [0.29, 0.717) is 0 Å². The zero-order valence-corrected chi connectivity index (χ0v) is 11.4. The fourth-order valence-corrected chi connectivity index (χ4v) is 1.94. The van der Waals surface area contributed by atoms with E-state index in [9.17, 15) is 19.2 Å². The molecular weight excluding hydrogens is 264 g/mol. The van der Waals surface area contributed by atoms with Crippen LogP contribution in [0, 0.1) is 0 Å². The van der Waals surface area contributed by atoms with Gasteiger partial charge in [-0.05, 0) is 6.92 Å². The molecule has 0 spiro atoms. The van der Waals surface area contributed by atoms with Gasteiger partial charge in [0.15, 0.2) is 11.2 Å². The van der Waals surface area contributed by atoms with Crippen LogP contribution in [0.25, 0.3) is 11.2 Å². The van der Waals surface area contributed by atoms with E-state index in [1.54, 1.807) is 0 Å². The zero-order valence-electron chi connectivity index (χ0n) is 11.4. The predicted molar refractivity (Wildman–Crippen MR) is 70.8 cm³/mol. The molecule has 0 aliphatic heterocycles. The minimum atomic E-state index is -0.586. The first-order chi connectivity index (χ1) is 9.34. The highest BCUT2D eigenvalue weighted by molar-refractivity contribution is 5.90. The van der Waals surface area contributed by atoms with Gasteiger partial charge in [0.05, 0.1) is 0 Å². The Morgan fingerprint density at radius 1 is 1.15 bits per heavy atom. The van der Waals surface area contributed by atoms with Crippen molar-refractivity contribution < 1.29 is 9.59 Å². The van der Waals surface area contributed by atoms with Crippen molar-refractivity contribution in [2.75, 3.05) is 0 Å². The molecular formula is C12H14N4O4. The van der Waals surface area contributed by atoms with E-state index >= 15 is 0 Å². The van der Waals surface area contributed by atoms with Crippen LogP contribution in [0.4, 0.5) is 0 Å². The Kier molecular flexibility index (Phi) is 3.39. The van der Waals surface area contributed by atoms with Crippen LogP contribution in [0.3, 0.4) is 0 Å². The fraction of sp³-hybridized carbons (Fsp3) is 0.417. The SMILES string of the molecule is CC(=O)CCC(=O)n1cnc2c1c(=O)n(C)c(=O)n2C. The standard InChI is InChI=1S/C12H14N4O4/c1-7(17)4-5-8(18)16-6-13-10-9(16)11(19)15(3)12(20)14(10)2/h6H,4-5H2,1-3H3. The normalized spacial score (nSPS) is 10.9. The van der Waals surface area contributed by atoms with Crippen molar-refractivity contribution >= 4 is 22.9 Å². The average molecular weight is 278 g/mol. The van der Waals surface area contributed by atoms with Crippen LogP contribution in [-0.4, -0.2) is 30.4 Å². The molecule has 0 amide bonds. The summed E-state index contributed by atoms with van der Waals surface area (Å²) in [6.07, 6.45) is 1.30. The molecule has 0 atom stereocenters. The highest BCUT2D eigenvalue weighted by Gasteiger charge is 2.18. The first kappa shape index (κ1) is 13.9. The second-order valence-corrected chi connectivity index (χ2v) is 4.59. The largest absolute Gasteiger partial charge is 0.332 e. The van der Waals surface area contributed by atoms with E-state index in [4.69, 9.17) is 0 Å². The Labute approximate surface area is 113 Å². The van der Waals surface area contributed by atoms with Crippen LogP contribution in [0.1, 0.15) is 24.6 Å². The second kappa shape index (κ2) is 4.87. The monoisotopic (exact) mass is 278 g/mol. The summed E-state index contributed by atoms with van der Waals surface area (Å²) in [4.78, 5) is 50.7. The lowest BCUT2D eigenvalue weighted by atomic mass is 10.2. The van der Waals surface area contributed by atoms with Gasteiger partial charge in [-0.2, -0.15) is 0 Å². The lowest BCUT2D eigenvalue weighted by molar-refractivity contribution is -0.117. The number of hydrogen-bond donors (Lipinski definition) is 0. The highest BCUT2D eigenvalue weighted by Crippen LogP contribution is 2.07. The van der Waals surface area contributed by atoms with Crippen LogP contribution >= 0.6 is 0 Å². The number of hydrogen-bond acceptors (Lipinski definition) is 5. The molecule has 0 bridgehead atoms. The number of carbonyl (C=O) groups excluding carboxylic acids is 2. The summed E-state index contributed by atoms with van der Waals surface area (Å²) in [7, 11) is 2.81. The van der Waals surface area contributed by atoms with Crippen molar-refractivity contribution in [1.82, 2.24) is 18.7 Å². The molecule has 0 aromatic carbocycles. The number of Topliss-reactive ketones (excluding diaryl/α,β-unsaturated/α-hetero) is 1. The Morgan fingerprint density at radius 3 is 2.40 bits per heavy atom. The lowest BCUT2D eigenvalue weighted by Crippen LogP contribution is -2.38. The Hall–Kier alpha value is -2.51. The van der Waals surface area contributed by atoms with Gasteiger partial charge in [0.1, 0.15) is 12.1 Å². The van der Waals surface area contributed by atoms with Crippen molar-refractivity contribution in [3.05, 3.63) is 27.2 Å². The number of aromatic nitrogens is 4. The summed E-state index contributed by atoms with van der Waals surface area (Å²) in [5.41, 5.74) is -0.905. The van der Waals surface area contributed by atoms with Crippen LogP contribution in [-0.2, 0) is 18.9 Å². The first-order valence-electron chi connectivity index (χ1n) is 6.00. The van der Waals surface area contributed by atoms with E-state index < -0.39 is 17.2 Å². The number of rotatable bonds is 3. The summed E-state index contributed by atoms with van der Waals surface area (Å²) in [6, 6.07) is 0. The molecule has 0 fully saturated rings. The third-order valence-corrected chi connectivity index (χ3v) is 3.11. The quantitative estimate of drug-likeness (QED) is 0.750. The lowest BCUT2D eigenvalue weighted by Gasteiger charge is -2.05. The van der Waals surface area contributed by atoms with Crippen LogP contribution in [0.2, 0.25) is 0 Å². The topological polar surface area (TPSA) is 96.0 Å². The smallest absolute Gasteiger partial charge is 0.300 e. The molecule has 0 aliphatic rings. The molecule has 2 heterocycles. The molecule has 106 valence electrons. The zero-order chi connectivity index (χ0) is 15.0. The van der Waals surface area contributed by atoms with E-state index in [-0.39, 0.29) is 29.8 Å². The van der Waals surface area contributed by atoms with Gasteiger partial charge in [0, 0.05) is 26.9 Å². The minimum Gasteiger partial charge on any atom is -0.300 e. The van der Waals surface area contributed by atoms with Crippen molar-refractivity contribution in [2.45, 2.75) is 19.8 Å². The number of aryl methyl sites for hydroxylation is 1. The van der Waals surface area contributed by atoms with Gasteiger partial charge in [-0.3, -0.25) is 23.3 Å². The maximum absolute atomic E-state index is 12.1. The number of imidazole rings is 1. The maximum atomic E-state index is 12.1. The van der Waals surface area contributed by atoms with Crippen molar-refractivity contribution in [3.63, 3.8) is 0 Å². The summed E-state index contributed by atoms with van der Waals surface area (Å²) in [6.45, 7) is 1.39. The molecule has 8 heteroatoms. The van der Waals surface area contributed by atoms with Crippen molar-refractivity contribution in [2.24, 2.45) is 14.1 Å². The Balaban J connectivity index is 2.63. The molecule has 2 aromatic heterocycles. The maximum Gasteiger partial charge on any atom is 0.332 e. The van der Waals surface area contributed by atoms with Gasteiger partial charge in [0.2, 0.25) is 5.91 Å². The van der Waals surface area contributed by atoms with Gasteiger partial charge >= 0.3 is 5.69 Å². The first-order valence-corrected chi connectivity index (χ1v) is 6.00. The number of fused-ring (bicyclic) bond motifs is 1. The van der Waals surface area contributed by atoms with Crippen LogP contribution < -0.4 is 11.2 Å². The van der Waals surface area contributed by atoms with Crippen molar-refractivity contribution in [3.8, 4) is 0 Å². The van der Waals surface area contributed by atoms with Gasteiger partial charge in [-0.25, -0.2) is 9.78 Å². The van der Waals surface area contributed by atoms with Gasteiger partial charge in [-0.15, -0.1) is 0 Å². The summed E-state index contributed by atoms with van der Waals surface area (Å²) >= 11 is 0. The molecule has 2 rings (SSSR count). The Bertz CT molecular complexity index is 824. The van der Waals surface area contributed by atoms with E-state index in [0.717, 1.165) is 9.13 Å². The molecule has 8 nitrogen and oxygen atoms in total. The molecule has 0 aliphatic carbocycles. The Morgan fingerprint density at radius 2 is 1.80 bits per heavy atom. The average Bonchev–Trinajstić information content (AvgIpc) is 2.85. The van der Waals surface area contributed by atoms with Gasteiger partial charge < -0.3 is 4.79 Å². The van der Waals surface area contributed by atoms with Gasteiger partial charge in [0.25, 0.3) is 5.56 Å². The third kappa shape index (κ3) is 2.09. The van der Waals surface area contributed by atoms with Crippen molar-refractivity contribution in [1.29, 1.82) is 0 Å². The highest BCUT2D eigenvalue weighted by atomic mass is 16.2. The molecule has 0 saturated heterocycles. The number of nitrogens with zero attached hydrogens (tertiary/aromatic N) is 4. The summed E-state index contributed by atoms with van der Waals surface area (Å²) in [5, 5.41) is 0. The predicted octanol–water partition coefficient (Wildman–Crippen LogP) is -0.557. The van der Waals surface area contributed by atoms with E-state index in [1.807, 2.05) is 0 Å². The molecule has 0 saturated carbocycles. The van der Waals surface area contributed by atoms with Crippen LogP contribution in [0.5, 0.6) is 0 Å². The second-order valence-electron chi connectivity index (χ2n) is 4.59. The number of ketones is 1. The van der Waals surface area contributed by atoms with Crippen LogP contribution in [0.15, 0.2) is 15.9 Å². The molecule has 20 heavy (non-hydrogen) atoms. The molecule has 2 aromatic rings. The molecule has 0 N–H and O–H groups in total. The van der Waals surface area contributed by atoms with E-state index in [2.05, 4.69) is 4.98 Å². The minimum absolute atomic E-state index is 0.00715. The summed E-state index contributed by atoms with van der Waals surface area (Å²) in [5.74, 6) is -0.512. The molecule has 0 unspecified atom stereocenters. The fourth-order valence-electron chi connectivity index (χ4n) is 1.94. The van der Waals surface area contributed by atoms with Gasteiger partial charge in [-0.1, -0.05) is 0 Å². The molecule has 0 radical (unpaired) electrons.